The highest BCUT2D eigenvalue weighted by atomic mass is 35.5. The first-order chi connectivity index (χ1) is 12.3. The van der Waals surface area contributed by atoms with Gasteiger partial charge in [-0.3, -0.25) is 9.80 Å². The topological polar surface area (TPSA) is 73.6 Å². The molecule has 0 aliphatic carbocycles. The second-order valence-electron chi connectivity index (χ2n) is 6.40. The third kappa shape index (κ3) is 3.27. The minimum absolute atomic E-state index is 0.197. The van der Waals surface area contributed by atoms with E-state index in [1.807, 2.05) is 23.7 Å². The van der Waals surface area contributed by atoms with Gasteiger partial charge < -0.3 is 15.0 Å². The van der Waals surface area contributed by atoms with Gasteiger partial charge in [0.2, 0.25) is 5.95 Å². The number of halogens is 1. The second-order valence-corrected chi connectivity index (χ2v) is 6.83. The number of rotatable bonds is 5. The number of aromatic nitrogens is 2. The third-order valence-corrected chi connectivity index (χ3v) is 4.57. The number of carbonyl (C=O) groups is 1. The van der Waals surface area contributed by atoms with Gasteiger partial charge in [-0.15, -0.1) is 0 Å². The molecular weight excluding hydrogens is 354 g/mol. The fourth-order valence-electron chi connectivity index (χ4n) is 2.89. The third-order valence-electron chi connectivity index (χ3n) is 4.32. The van der Waals surface area contributed by atoms with Crippen LogP contribution in [0.5, 0.6) is 0 Å². The number of nitrogens with zero attached hydrogens (tertiary/aromatic N) is 4. The number of amides is 2. The van der Waals surface area contributed by atoms with Gasteiger partial charge in [-0.1, -0.05) is 30.3 Å². The summed E-state index contributed by atoms with van der Waals surface area (Å²) in [6.45, 7) is 6.56. The molecule has 0 fully saturated rings. The summed E-state index contributed by atoms with van der Waals surface area (Å²) in [4.78, 5) is 20.4. The molecule has 1 aliphatic rings. The van der Waals surface area contributed by atoms with Crippen molar-refractivity contribution in [3.05, 3.63) is 47.1 Å². The standard InChI is InChI=1S/C18H22ClN5O2/c1-11(25)9-20-17-21-16-15(22(17)3)12(2)24(18(26)23(16)4)10-13-5-7-14(19)8-6-13/h5-8,11,25H,2,9-10H2,1,3-4H3,(H,20,21)/t11-/m0/s1. The number of anilines is 2. The van der Waals surface area contributed by atoms with E-state index in [1.165, 1.54) is 4.90 Å². The molecular formula is C18H22ClN5O2. The molecule has 1 aromatic heterocycles. The number of carbonyl (C=O) groups excluding carboxylic acids is 1. The van der Waals surface area contributed by atoms with Crippen molar-refractivity contribution in [2.24, 2.45) is 7.05 Å². The van der Waals surface area contributed by atoms with E-state index in [1.54, 1.807) is 31.0 Å². The van der Waals surface area contributed by atoms with Crippen molar-refractivity contribution in [1.82, 2.24) is 14.5 Å². The highest BCUT2D eigenvalue weighted by Gasteiger charge is 2.35. The molecule has 2 aromatic rings. The van der Waals surface area contributed by atoms with Crippen LogP contribution >= 0.6 is 11.6 Å². The van der Waals surface area contributed by atoms with Crippen LogP contribution in [0.15, 0.2) is 30.8 Å². The zero-order chi connectivity index (χ0) is 19.0. The van der Waals surface area contributed by atoms with E-state index in [2.05, 4.69) is 16.9 Å². The number of fused-ring (bicyclic) bond motifs is 1. The molecule has 26 heavy (non-hydrogen) atoms. The summed E-state index contributed by atoms with van der Waals surface area (Å²) in [6, 6.07) is 7.17. The summed E-state index contributed by atoms with van der Waals surface area (Å²) in [6.07, 6.45) is -0.507. The van der Waals surface area contributed by atoms with E-state index in [4.69, 9.17) is 11.6 Å². The van der Waals surface area contributed by atoms with E-state index < -0.39 is 6.10 Å². The van der Waals surface area contributed by atoms with Crippen LogP contribution in [-0.2, 0) is 13.6 Å². The van der Waals surface area contributed by atoms with Crippen LogP contribution in [0.25, 0.3) is 5.70 Å². The number of hydrogen-bond donors (Lipinski definition) is 2. The number of aliphatic hydroxyl groups excluding tert-OH is 1. The number of nitrogens with one attached hydrogen (secondary N) is 1. The average Bonchev–Trinajstić information content (AvgIpc) is 2.93. The minimum Gasteiger partial charge on any atom is -0.392 e. The molecule has 2 N–H and O–H groups in total. The van der Waals surface area contributed by atoms with Crippen LogP contribution in [-0.4, -0.2) is 45.3 Å². The Bertz CT molecular complexity index is 844. The van der Waals surface area contributed by atoms with Crippen molar-refractivity contribution < 1.29 is 9.90 Å². The lowest BCUT2D eigenvalue weighted by Gasteiger charge is -2.34. The highest BCUT2D eigenvalue weighted by molar-refractivity contribution is 6.30. The zero-order valence-corrected chi connectivity index (χ0v) is 15.8. The summed E-state index contributed by atoms with van der Waals surface area (Å²) >= 11 is 5.93. The van der Waals surface area contributed by atoms with Crippen LogP contribution in [0.3, 0.4) is 0 Å². The Kier molecular flexibility index (Phi) is 4.93. The van der Waals surface area contributed by atoms with Crippen LogP contribution in [0.1, 0.15) is 18.2 Å². The average molecular weight is 376 g/mol. The van der Waals surface area contributed by atoms with Gasteiger partial charge in [-0.2, -0.15) is 4.98 Å². The quantitative estimate of drug-likeness (QED) is 0.842. The number of aliphatic hydroxyl groups is 1. The molecule has 7 nitrogen and oxygen atoms in total. The number of imidazole rings is 1. The normalized spacial score (nSPS) is 15.3. The van der Waals surface area contributed by atoms with Crippen molar-refractivity contribution >= 4 is 35.1 Å². The Morgan fingerprint density at radius 1 is 1.31 bits per heavy atom. The van der Waals surface area contributed by atoms with Gasteiger partial charge in [0, 0.05) is 25.7 Å². The summed E-state index contributed by atoms with van der Waals surface area (Å²) in [5, 5.41) is 13.2. The number of benzene rings is 1. The van der Waals surface area contributed by atoms with Crippen LogP contribution in [0.4, 0.5) is 16.6 Å². The van der Waals surface area contributed by atoms with Crippen molar-refractivity contribution in [2.75, 3.05) is 23.8 Å². The van der Waals surface area contributed by atoms with Crippen molar-refractivity contribution in [3.63, 3.8) is 0 Å². The Balaban J connectivity index is 1.92. The molecule has 1 aliphatic heterocycles. The van der Waals surface area contributed by atoms with Gasteiger partial charge in [0.25, 0.3) is 0 Å². The molecule has 0 unspecified atom stereocenters. The van der Waals surface area contributed by atoms with E-state index >= 15 is 0 Å². The molecule has 0 saturated carbocycles. The largest absolute Gasteiger partial charge is 0.392 e. The van der Waals surface area contributed by atoms with E-state index in [9.17, 15) is 9.90 Å². The number of urea groups is 1. The van der Waals surface area contributed by atoms with E-state index in [-0.39, 0.29) is 6.03 Å². The molecule has 8 heteroatoms. The lowest BCUT2D eigenvalue weighted by atomic mass is 10.1. The monoisotopic (exact) mass is 375 g/mol. The molecule has 1 atom stereocenters. The van der Waals surface area contributed by atoms with E-state index in [0.717, 1.165) is 11.3 Å². The Hall–Kier alpha value is -2.51. The minimum atomic E-state index is -0.507. The van der Waals surface area contributed by atoms with Gasteiger partial charge in [-0.05, 0) is 24.6 Å². The molecule has 138 valence electrons. The first-order valence-corrected chi connectivity index (χ1v) is 8.65. The SMILES string of the molecule is C=C1c2c(nc(NC[C@H](C)O)n2C)N(C)C(=O)N1Cc1ccc(Cl)cc1. The van der Waals surface area contributed by atoms with Gasteiger partial charge in [0.15, 0.2) is 5.82 Å². The zero-order valence-electron chi connectivity index (χ0n) is 15.0. The number of hydrogen-bond acceptors (Lipinski definition) is 4. The van der Waals surface area contributed by atoms with Crippen molar-refractivity contribution in [3.8, 4) is 0 Å². The predicted octanol–water partition coefficient (Wildman–Crippen LogP) is 2.91. The van der Waals surface area contributed by atoms with Gasteiger partial charge in [0.1, 0.15) is 5.69 Å². The molecule has 0 bridgehead atoms. The molecule has 0 saturated heterocycles. The van der Waals surface area contributed by atoms with Crippen LogP contribution in [0, 0.1) is 0 Å². The Morgan fingerprint density at radius 3 is 2.58 bits per heavy atom. The van der Waals surface area contributed by atoms with Crippen LogP contribution in [0.2, 0.25) is 5.02 Å². The molecule has 1 aromatic carbocycles. The van der Waals surface area contributed by atoms with Crippen LogP contribution < -0.4 is 10.2 Å². The van der Waals surface area contributed by atoms with Gasteiger partial charge >= 0.3 is 6.03 Å². The summed E-state index contributed by atoms with van der Waals surface area (Å²) in [5.74, 6) is 1.12. The molecule has 0 radical (unpaired) electrons. The van der Waals surface area contributed by atoms with Crippen molar-refractivity contribution in [1.29, 1.82) is 0 Å². The Labute approximate surface area is 157 Å². The first kappa shape index (κ1) is 18.3. The Morgan fingerprint density at radius 2 is 1.96 bits per heavy atom. The molecule has 2 heterocycles. The maximum absolute atomic E-state index is 12.8. The second kappa shape index (κ2) is 7.01. The van der Waals surface area contributed by atoms with Gasteiger partial charge in [0.05, 0.1) is 18.3 Å². The maximum Gasteiger partial charge on any atom is 0.330 e. The fourth-order valence-corrected chi connectivity index (χ4v) is 3.01. The highest BCUT2D eigenvalue weighted by Crippen LogP contribution is 2.36. The smallest absolute Gasteiger partial charge is 0.330 e. The lowest BCUT2D eigenvalue weighted by molar-refractivity contribution is 0.208. The maximum atomic E-state index is 12.8. The predicted molar refractivity (Wildman–Crippen MR) is 103 cm³/mol. The molecule has 0 spiro atoms. The summed E-state index contributed by atoms with van der Waals surface area (Å²) < 4.78 is 1.85. The van der Waals surface area contributed by atoms with Gasteiger partial charge in [-0.25, -0.2) is 4.79 Å². The molecule has 3 rings (SSSR count). The van der Waals surface area contributed by atoms with Crippen molar-refractivity contribution in [2.45, 2.75) is 19.6 Å². The lowest BCUT2D eigenvalue weighted by Crippen LogP contribution is -2.44. The first-order valence-electron chi connectivity index (χ1n) is 8.27. The fraction of sp³-hybridized carbons (Fsp3) is 0.333. The van der Waals surface area contributed by atoms with E-state index in [0.29, 0.717) is 35.6 Å². The summed E-state index contributed by atoms with van der Waals surface area (Å²) in [5.41, 5.74) is 2.29. The molecule has 2 amide bonds. The summed E-state index contributed by atoms with van der Waals surface area (Å²) in [7, 11) is 3.54.